The minimum atomic E-state index is -3.07. The SMILES string of the molecule is Cc1nn([C@H]2CCS(=O)(=O)C2)c2c1[C@@H](c1ccc(O)c(Cl)c1)CC(=O)N2. The van der Waals surface area contributed by atoms with E-state index in [-0.39, 0.29) is 46.6 Å². The molecule has 2 aromatic rings. The van der Waals surface area contributed by atoms with E-state index in [2.05, 4.69) is 10.4 Å². The van der Waals surface area contributed by atoms with E-state index < -0.39 is 9.84 Å². The largest absolute Gasteiger partial charge is 0.506 e. The van der Waals surface area contributed by atoms with E-state index in [9.17, 15) is 18.3 Å². The number of amides is 1. The van der Waals surface area contributed by atoms with Crippen LogP contribution < -0.4 is 5.32 Å². The van der Waals surface area contributed by atoms with Crippen molar-refractivity contribution in [2.45, 2.75) is 31.7 Å². The van der Waals surface area contributed by atoms with E-state index in [0.29, 0.717) is 12.2 Å². The van der Waals surface area contributed by atoms with Gasteiger partial charge in [0.25, 0.3) is 0 Å². The van der Waals surface area contributed by atoms with Crippen molar-refractivity contribution in [2.75, 3.05) is 16.8 Å². The number of carbonyl (C=O) groups is 1. The van der Waals surface area contributed by atoms with Gasteiger partial charge >= 0.3 is 0 Å². The molecule has 2 aliphatic rings. The van der Waals surface area contributed by atoms with Gasteiger partial charge in [0.1, 0.15) is 11.6 Å². The van der Waals surface area contributed by atoms with Crippen LogP contribution in [0.5, 0.6) is 5.75 Å². The molecule has 7 nitrogen and oxygen atoms in total. The average molecular weight is 396 g/mol. The lowest BCUT2D eigenvalue weighted by molar-refractivity contribution is -0.116. The number of phenols is 1. The average Bonchev–Trinajstić information content (AvgIpc) is 3.09. The summed E-state index contributed by atoms with van der Waals surface area (Å²) in [5.41, 5.74) is 2.43. The van der Waals surface area contributed by atoms with Crippen molar-refractivity contribution in [1.82, 2.24) is 9.78 Å². The maximum absolute atomic E-state index is 12.3. The quantitative estimate of drug-likeness (QED) is 0.812. The number of carbonyl (C=O) groups excluding carboxylic acids is 1. The molecule has 4 rings (SSSR count). The molecule has 1 saturated heterocycles. The molecule has 2 N–H and O–H groups in total. The Hall–Kier alpha value is -2.06. The lowest BCUT2D eigenvalue weighted by Crippen LogP contribution is -2.26. The molecule has 1 fully saturated rings. The summed E-state index contributed by atoms with van der Waals surface area (Å²) in [4.78, 5) is 12.3. The number of benzene rings is 1. The molecule has 1 aromatic carbocycles. The van der Waals surface area contributed by atoms with Crippen molar-refractivity contribution in [3.8, 4) is 5.75 Å². The molecule has 2 aliphatic heterocycles. The number of rotatable bonds is 2. The smallest absolute Gasteiger partial charge is 0.226 e. The highest BCUT2D eigenvalue weighted by Crippen LogP contribution is 2.42. The Kier molecular flexibility index (Phi) is 4.00. The van der Waals surface area contributed by atoms with E-state index in [4.69, 9.17) is 11.6 Å². The van der Waals surface area contributed by atoms with E-state index in [1.807, 2.05) is 6.92 Å². The van der Waals surface area contributed by atoms with Crippen molar-refractivity contribution in [3.63, 3.8) is 0 Å². The van der Waals surface area contributed by atoms with Crippen LogP contribution in [0.15, 0.2) is 18.2 Å². The molecular weight excluding hydrogens is 378 g/mol. The van der Waals surface area contributed by atoms with Crippen molar-refractivity contribution in [1.29, 1.82) is 0 Å². The zero-order valence-electron chi connectivity index (χ0n) is 14.1. The number of nitrogens with one attached hydrogen (secondary N) is 1. The Morgan fingerprint density at radius 1 is 1.38 bits per heavy atom. The first kappa shape index (κ1) is 17.4. The highest BCUT2D eigenvalue weighted by molar-refractivity contribution is 7.91. The van der Waals surface area contributed by atoms with Crippen LogP contribution in [0.1, 0.15) is 41.6 Å². The standard InChI is InChI=1S/C17H18ClN3O4S/c1-9-16-12(10-2-3-14(22)13(18)6-10)7-15(23)19-17(16)21(20-9)11-4-5-26(24,25)8-11/h2-3,6,11-12,22H,4-5,7-8H2,1H3,(H,19,23)/t11-,12+/m0/s1. The zero-order valence-corrected chi connectivity index (χ0v) is 15.6. The molecule has 9 heteroatoms. The number of aromatic nitrogens is 2. The number of aryl methyl sites for hydroxylation is 1. The van der Waals surface area contributed by atoms with Crippen molar-refractivity contribution < 1.29 is 18.3 Å². The zero-order chi connectivity index (χ0) is 18.6. The summed E-state index contributed by atoms with van der Waals surface area (Å²) in [6.45, 7) is 1.85. The van der Waals surface area contributed by atoms with Gasteiger partial charge in [-0.05, 0) is 31.0 Å². The summed E-state index contributed by atoms with van der Waals surface area (Å²) in [7, 11) is -3.07. The number of halogens is 1. The number of nitrogens with zero attached hydrogens (tertiary/aromatic N) is 2. The minimum Gasteiger partial charge on any atom is -0.506 e. The Morgan fingerprint density at radius 2 is 2.15 bits per heavy atom. The van der Waals surface area contributed by atoms with Crippen LogP contribution >= 0.6 is 11.6 Å². The number of phenolic OH excluding ortho intramolecular Hbond substituents is 1. The maximum Gasteiger partial charge on any atom is 0.226 e. The Bertz CT molecular complexity index is 1020. The summed E-state index contributed by atoms with van der Waals surface area (Å²) < 4.78 is 25.3. The second kappa shape index (κ2) is 5.99. The van der Waals surface area contributed by atoms with Crippen LogP contribution in [0, 0.1) is 6.92 Å². The summed E-state index contributed by atoms with van der Waals surface area (Å²) in [6.07, 6.45) is 0.727. The van der Waals surface area contributed by atoms with Gasteiger partial charge in [0, 0.05) is 17.9 Å². The molecular formula is C17H18ClN3O4S. The molecule has 0 saturated carbocycles. The lowest BCUT2D eigenvalue weighted by Gasteiger charge is -2.25. The van der Waals surface area contributed by atoms with Crippen LogP contribution in [0.25, 0.3) is 0 Å². The van der Waals surface area contributed by atoms with E-state index >= 15 is 0 Å². The van der Waals surface area contributed by atoms with Gasteiger partial charge < -0.3 is 10.4 Å². The van der Waals surface area contributed by atoms with Gasteiger partial charge in [-0.25, -0.2) is 13.1 Å². The lowest BCUT2D eigenvalue weighted by atomic mass is 9.86. The number of hydrogen-bond donors (Lipinski definition) is 2. The first-order chi connectivity index (χ1) is 12.2. The predicted octanol–water partition coefficient (Wildman–Crippen LogP) is 2.38. The molecule has 0 unspecified atom stereocenters. The van der Waals surface area contributed by atoms with Crippen molar-refractivity contribution in [3.05, 3.63) is 40.0 Å². The van der Waals surface area contributed by atoms with Crippen LogP contribution in [0.4, 0.5) is 5.82 Å². The van der Waals surface area contributed by atoms with Gasteiger partial charge in [-0.2, -0.15) is 5.10 Å². The topological polar surface area (TPSA) is 101 Å². The second-order valence-electron chi connectivity index (χ2n) is 6.86. The third-order valence-electron chi connectivity index (χ3n) is 5.06. The van der Waals surface area contributed by atoms with Crippen LogP contribution in [0.3, 0.4) is 0 Å². The number of hydrogen-bond acceptors (Lipinski definition) is 5. The first-order valence-corrected chi connectivity index (χ1v) is 10.5. The fourth-order valence-electron chi connectivity index (χ4n) is 3.83. The molecule has 0 spiro atoms. The number of anilines is 1. The molecule has 1 aromatic heterocycles. The Labute approximate surface area is 155 Å². The van der Waals surface area contributed by atoms with Crippen LogP contribution in [-0.4, -0.2) is 40.7 Å². The third kappa shape index (κ3) is 2.87. The summed E-state index contributed by atoms with van der Waals surface area (Å²) in [6, 6.07) is 4.63. The van der Waals surface area contributed by atoms with Gasteiger partial charge in [0.2, 0.25) is 5.91 Å². The molecule has 138 valence electrons. The summed E-state index contributed by atoms with van der Waals surface area (Å²) in [5.74, 6) is 0.314. The summed E-state index contributed by atoms with van der Waals surface area (Å²) in [5, 5.41) is 17.3. The van der Waals surface area contributed by atoms with Gasteiger partial charge in [-0.3, -0.25) is 4.79 Å². The van der Waals surface area contributed by atoms with E-state index in [0.717, 1.165) is 16.8 Å². The Balaban J connectivity index is 1.81. The van der Waals surface area contributed by atoms with E-state index in [1.54, 1.807) is 16.8 Å². The van der Waals surface area contributed by atoms with Crippen molar-refractivity contribution >= 4 is 33.2 Å². The van der Waals surface area contributed by atoms with Gasteiger partial charge in [0.05, 0.1) is 28.3 Å². The number of fused-ring (bicyclic) bond motifs is 1. The fourth-order valence-corrected chi connectivity index (χ4v) is 5.71. The van der Waals surface area contributed by atoms with Gasteiger partial charge in [-0.15, -0.1) is 0 Å². The highest BCUT2D eigenvalue weighted by atomic mass is 35.5. The fraction of sp³-hybridized carbons (Fsp3) is 0.412. The van der Waals surface area contributed by atoms with E-state index in [1.165, 1.54) is 6.07 Å². The summed E-state index contributed by atoms with van der Waals surface area (Å²) >= 11 is 6.04. The van der Waals surface area contributed by atoms with Crippen molar-refractivity contribution in [2.24, 2.45) is 0 Å². The molecule has 0 bridgehead atoms. The van der Waals surface area contributed by atoms with Gasteiger partial charge in [-0.1, -0.05) is 17.7 Å². The van der Waals surface area contributed by atoms with Crippen LogP contribution in [0.2, 0.25) is 5.02 Å². The monoisotopic (exact) mass is 395 g/mol. The van der Waals surface area contributed by atoms with Crippen LogP contribution in [-0.2, 0) is 14.6 Å². The molecule has 26 heavy (non-hydrogen) atoms. The molecule has 2 atom stereocenters. The minimum absolute atomic E-state index is 0.0144. The van der Waals surface area contributed by atoms with Gasteiger partial charge in [0.15, 0.2) is 9.84 Å². The number of aromatic hydroxyl groups is 1. The molecule has 1 amide bonds. The maximum atomic E-state index is 12.3. The number of sulfone groups is 1. The third-order valence-corrected chi connectivity index (χ3v) is 7.11. The predicted molar refractivity (Wildman–Crippen MR) is 97.5 cm³/mol. The second-order valence-corrected chi connectivity index (χ2v) is 9.50. The Morgan fingerprint density at radius 3 is 2.81 bits per heavy atom. The molecule has 3 heterocycles. The first-order valence-electron chi connectivity index (χ1n) is 8.33. The highest BCUT2D eigenvalue weighted by Gasteiger charge is 2.37. The normalized spacial score (nSPS) is 24.3. The molecule has 0 radical (unpaired) electrons. The molecule has 0 aliphatic carbocycles.